The Morgan fingerprint density at radius 2 is 2.06 bits per heavy atom. The van der Waals surface area contributed by atoms with Crippen molar-refractivity contribution in [1.29, 1.82) is 0 Å². The monoisotopic (exact) mass is 235 g/mol. The summed E-state index contributed by atoms with van der Waals surface area (Å²) in [5, 5.41) is 0.839. The molecule has 0 radical (unpaired) electrons. The van der Waals surface area contributed by atoms with Gasteiger partial charge >= 0.3 is 0 Å². The average molecular weight is 235 g/mol. The summed E-state index contributed by atoms with van der Waals surface area (Å²) in [6, 6.07) is 6.99. The van der Waals surface area contributed by atoms with Gasteiger partial charge in [0, 0.05) is 12.3 Å². The third-order valence-corrected chi connectivity index (χ3v) is 2.08. The largest absolute Gasteiger partial charge is 0.479 e. The van der Waals surface area contributed by atoms with Crippen LogP contribution in [0.3, 0.4) is 0 Å². The summed E-state index contributed by atoms with van der Waals surface area (Å²) < 4.78 is 10.5. The molecule has 0 atom stereocenters. The molecule has 4 heteroatoms. The van der Waals surface area contributed by atoms with Gasteiger partial charge in [0.15, 0.2) is 11.5 Å². The van der Waals surface area contributed by atoms with E-state index in [1.54, 1.807) is 24.3 Å². The molecule has 2 N–H and O–H groups in total. The first kappa shape index (κ1) is 13.3. The van der Waals surface area contributed by atoms with Gasteiger partial charge in [-0.05, 0) is 24.3 Å². The molecule has 0 saturated carbocycles. The molecule has 4 nitrogen and oxygen atoms in total. The molecule has 1 aromatic carbocycles. The lowest BCUT2D eigenvalue weighted by Gasteiger charge is -2.00. The topological polar surface area (TPSA) is 65.5 Å². The van der Waals surface area contributed by atoms with Gasteiger partial charge in [-0.15, -0.1) is 0 Å². The minimum atomic E-state index is -0.0903. The number of benzene rings is 1. The maximum absolute atomic E-state index is 11.1. The Labute approximate surface area is 100 Å². The molecule has 1 aromatic heterocycles. The summed E-state index contributed by atoms with van der Waals surface area (Å²) in [5.74, 6) is 0.934. The van der Waals surface area contributed by atoms with Crippen molar-refractivity contribution < 1.29 is 13.9 Å². The minimum Gasteiger partial charge on any atom is -0.479 e. The molecule has 1 heterocycles. The molecule has 0 aliphatic heterocycles. The molecule has 0 saturated heterocycles. The molecular weight excluding hydrogens is 218 g/mol. The highest BCUT2D eigenvalue weighted by molar-refractivity contribution is 5.96. The van der Waals surface area contributed by atoms with Crippen LogP contribution in [0.15, 0.2) is 28.7 Å². The van der Waals surface area contributed by atoms with E-state index in [0.29, 0.717) is 17.1 Å². The zero-order chi connectivity index (χ0) is 12.8. The fourth-order valence-corrected chi connectivity index (χ4v) is 1.38. The zero-order valence-electron chi connectivity index (χ0n) is 10.3. The third-order valence-electron chi connectivity index (χ3n) is 2.08. The molecular formula is C13H17NO3. The normalized spacial score (nSPS) is 9.65. The van der Waals surface area contributed by atoms with Crippen LogP contribution in [0.1, 0.15) is 31.3 Å². The predicted octanol–water partition coefficient (Wildman–Crippen LogP) is 2.96. The maximum Gasteiger partial charge on any atom is 0.194 e. The summed E-state index contributed by atoms with van der Waals surface area (Å²) in [7, 11) is 0. The van der Waals surface area contributed by atoms with Crippen LogP contribution in [0.4, 0.5) is 0 Å². The van der Waals surface area contributed by atoms with Crippen LogP contribution in [0.25, 0.3) is 11.0 Å². The van der Waals surface area contributed by atoms with E-state index < -0.39 is 0 Å². The number of Topliss-reactive ketones (excluding diaryl/α,β-unsaturated/α-hetero) is 1. The number of ketones is 1. The second-order valence-corrected chi connectivity index (χ2v) is 3.18. The zero-order valence-corrected chi connectivity index (χ0v) is 10.3. The number of carbonyl (C=O) groups is 1. The number of fused-ring (bicyclic) bond motifs is 1. The van der Waals surface area contributed by atoms with Crippen LogP contribution in [0.2, 0.25) is 0 Å². The lowest BCUT2D eigenvalue weighted by atomic mass is 10.2. The van der Waals surface area contributed by atoms with Gasteiger partial charge in [-0.25, -0.2) is 0 Å². The SMILES string of the molecule is CC.CC(=O)c1cc2cc(OCN)ccc2o1. The van der Waals surface area contributed by atoms with Gasteiger partial charge in [-0.3, -0.25) is 10.5 Å². The Kier molecular flexibility index (Phi) is 4.72. The first-order valence-electron chi connectivity index (χ1n) is 5.58. The van der Waals surface area contributed by atoms with Crippen molar-refractivity contribution in [3.63, 3.8) is 0 Å². The van der Waals surface area contributed by atoms with Crippen LogP contribution in [-0.2, 0) is 0 Å². The Balaban J connectivity index is 0.000000686. The summed E-state index contributed by atoms with van der Waals surface area (Å²) in [6.07, 6.45) is 0. The summed E-state index contributed by atoms with van der Waals surface area (Å²) >= 11 is 0. The summed E-state index contributed by atoms with van der Waals surface area (Å²) in [5.41, 5.74) is 5.93. The Hall–Kier alpha value is -1.81. The van der Waals surface area contributed by atoms with E-state index in [0.717, 1.165) is 5.39 Å². The van der Waals surface area contributed by atoms with E-state index >= 15 is 0 Å². The summed E-state index contributed by atoms with van der Waals surface area (Å²) in [4.78, 5) is 11.1. The van der Waals surface area contributed by atoms with Crippen molar-refractivity contribution >= 4 is 16.8 Å². The fourth-order valence-electron chi connectivity index (χ4n) is 1.38. The van der Waals surface area contributed by atoms with E-state index in [-0.39, 0.29) is 12.5 Å². The first-order valence-corrected chi connectivity index (χ1v) is 5.58. The fraction of sp³-hybridized carbons (Fsp3) is 0.308. The van der Waals surface area contributed by atoms with E-state index in [1.165, 1.54) is 6.92 Å². The van der Waals surface area contributed by atoms with Crippen molar-refractivity contribution in [1.82, 2.24) is 0 Å². The Morgan fingerprint density at radius 3 is 2.65 bits per heavy atom. The quantitative estimate of drug-likeness (QED) is 0.656. The van der Waals surface area contributed by atoms with Gasteiger partial charge in [0.2, 0.25) is 0 Å². The van der Waals surface area contributed by atoms with Gasteiger partial charge in [-0.2, -0.15) is 0 Å². The van der Waals surface area contributed by atoms with Crippen LogP contribution in [0.5, 0.6) is 5.75 Å². The molecule has 0 bridgehead atoms. The standard InChI is InChI=1S/C11H11NO3.C2H6/c1-7(13)11-5-8-4-9(14-6-12)2-3-10(8)15-11;1-2/h2-5H,6,12H2,1H3;1-2H3. The summed E-state index contributed by atoms with van der Waals surface area (Å²) in [6.45, 7) is 5.60. The third kappa shape index (κ3) is 3.07. The van der Waals surface area contributed by atoms with Crippen LogP contribution in [-0.4, -0.2) is 12.5 Å². The highest BCUT2D eigenvalue weighted by atomic mass is 16.5. The van der Waals surface area contributed by atoms with Gasteiger partial charge in [-0.1, -0.05) is 13.8 Å². The number of hydrogen-bond donors (Lipinski definition) is 1. The second kappa shape index (κ2) is 6.06. The van der Waals surface area contributed by atoms with E-state index in [9.17, 15) is 4.79 Å². The molecule has 92 valence electrons. The van der Waals surface area contributed by atoms with E-state index in [2.05, 4.69) is 0 Å². The molecule has 0 aliphatic rings. The molecule has 17 heavy (non-hydrogen) atoms. The number of ether oxygens (including phenoxy) is 1. The van der Waals surface area contributed by atoms with Crippen LogP contribution in [0, 0.1) is 0 Å². The van der Waals surface area contributed by atoms with Crippen LogP contribution < -0.4 is 10.5 Å². The lowest BCUT2D eigenvalue weighted by molar-refractivity contribution is 0.0989. The number of furan rings is 1. The second-order valence-electron chi connectivity index (χ2n) is 3.18. The molecule has 2 rings (SSSR count). The Bertz CT molecular complexity index is 502. The Morgan fingerprint density at radius 1 is 1.35 bits per heavy atom. The highest BCUT2D eigenvalue weighted by Gasteiger charge is 2.08. The van der Waals surface area contributed by atoms with E-state index in [1.807, 2.05) is 13.8 Å². The smallest absolute Gasteiger partial charge is 0.194 e. The molecule has 0 aliphatic carbocycles. The van der Waals surface area contributed by atoms with Crippen molar-refractivity contribution in [2.45, 2.75) is 20.8 Å². The predicted molar refractivity (Wildman–Crippen MR) is 67.2 cm³/mol. The highest BCUT2D eigenvalue weighted by Crippen LogP contribution is 2.24. The molecule has 0 spiro atoms. The molecule has 0 fully saturated rings. The van der Waals surface area contributed by atoms with Gasteiger partial charge in [0.05, 0.1) is 0 Å². The van der Waals surface area contributed by atoms with Crippen LogP contribution >= 0.6 is 0 Å². The van der Waals surface area contributed by atoms with Crippen molar-refractivity contribution in [2.24, 2.45) is 5.73 Å². The van der Waals surface area contributed by atoms with Crippen molar-refractivity contribution in [3.8, 4) is 5.75 Å². The minimum absolute atomic E-state index is 0.0903. The average Bonchev–Trinajstić information content (AvgIpc) is 2.75. The lowest BCUT2D eigenvalue weighted by Crippen LogP contribution is -2.06. The number of carbonyl (C=O) groups excluding carboxylic acids is 1. The molecule has 0 amide bonds. The van der Waals surface area contributed by atoms with Crippen molar-refractivity contribution in [2.75, 3.05) is 6.73 Å². The number of nitrogens with two attached hydrogens (primary N) is 1. The maximum atomic E-state index is 11.1. The number of rotatable bonds is 3. The first-order chi connectivity index (χ1) is 8.20. The molecule has 2 aromatic rings. The number of hydrogen-bond acceptors (Lipinski definition) is 4. The van der Waals surface area contributed by atoms with Crippen molar-refractivity contribution in [3.05, 3.63) is 30.0 Å². The van der Waals surface area contributed by atoms with Gasteiger partial charge in [0.25, 0.3) is 0 Å². The van der Waals surface area contributed by atoms with Gasteiger partial charge in [0.1, 0.15) is 18.1 Å². The molecule has 0 unspecified atom stereocenters. The van der Waals surface area contributed by atoms with E-state index in [4.69, 9.17) is 14.9 Å². The van der Waals surface area contributed by atoms with Gasteiger partial charge < -0.3 is 9.15 Å².